The number of carbonyl (C=O) groups is 2. The van der Waals surface area contributed by atoms with Gasteiger partial charge in [0, 0.05) is 18.9 Å². The number of ether oxygens (including phenoxy) is 3. The van der Waals surface area contributed by atoms with Crippen LogP contribution in [0.1, 0.15) is 37.1 Å². The fourth-order valence-corrected chi connectivity index (χ4v) is 4.37. The van der Waals surface area contributed by atoms with Crippen molar-refractivity contribution in [2.45, 2.75) is 25.9 Å². The monoisotopic (exact) mass is 522 g/mol. The molecule has 2 unspecified atom stereocenters. The summed E-state index contributed by atoms with van der Waals surface area (Å²) >= 11 is 12.8. The van der Waals surface area contributed by atoms with Gasteiger partial charge in [0.05, 0.1) is 52.2 Å². The average Bonchev–Trinajstić information content (AvgIpc) is 2.80. The number of hydrogen-bond donors (Lipinski definition) is 3. The third-order valence-corrected chi connectivity index (χ3v) is 6.17. The Morgan fingerprint density at radius 2 is 1.91 bits per heavy atom. The minimum atomic E-state index is -1.06. The van der Waals surface area contributed by atoms with Gasteiger partial charge in [0.1, 0.15) is 6.10 Å². The smallest absolute Gasteiger partial charge is 0.336 e. The van der Waals surface area contributed by atoms with Crippen LogP contribution in [0, 0.1) is 0 Å². The number of carbonyl (C=O) groups excluding carboxylic acids is 2. The van der Waals surface area contributed by atoms with Gasteiger partial charge in [0.2, 0.25) is 5.95 Å². The lowest BCUT2D eigenvalue weighted by atomic mass is 9.79. The first kappa shape index (κ1) is 26.3. The maximum absolute atomic E-state index is 13.4. The molecule has 0 aliphatic carbocycles. The number of dihydropyridines is 1. The van der Waals surface area contributed by atoms with E-state index in [1.54, 1.807) is 32.0 Å². The van der Waals surface area contributed by atoms with E-state index >= 15 is 0 Å². The van der Waals surface area contributed by atoms with E-state index in [0.717, 1.165) is 0 Å². The van der Waals surface area contributed by atoms with Crippen LogP contribution in [0.2, 0.25) is 10.0 Å². The molecule has 35 heavy (non-hydrogen) atoms. The van der Waals surface area contributed by atoms with E-state index in [1.807, 2.05) is 0 Å². The fraction of sp³-hybridized carbons (Fsp3) is 0.304. The molecule has 3 rings (SSSR count). The van der Waals surface area contributed by atoms with Gasteiger partial charge >= 0.3 is 11.9 Å². The summed E-state index contributed by atoms with van der Waals surface area (Å²) in [6, 6.07) is 6.06. The number of nitrogen functional groups attached to an aromatic ring is 1. The highest BCUT2D eigenvalue weighted by Crippen LogP contribution is 2.45. The van der Waals surface area contributed by atoms with Gasteiger partial charge in [-0.2, -0.15) is 0 Å². The van der Waals surface area contributed by atoms with Crippen molar-refractivity contribution in [1.82, 2.24) is 15.3 Å². The van der Waals surface area contributed by atoms with Crippen molar-refractivity contribution in [2.75, 3.05) is 26.6 Å². The molecule has 1 aromatic carbocycles. The molecule has 2 atom stereocenters. The van der Waals surface area contributed by atoms with E-state index in [0.29, 0.717) is 11.3 Å². The molecule has 2 heterocycles. The Labute approximate surface area is 211 Å². The summed E-state index contributed by atoms with van der Waals surface area (Å²) in [6.07, 6.45) is -1.06. The normalized spacial score (nSPS) is 16.6. The zero-order valence-corrected chi connectivity index (χ0v) is 20.9. The lowest BCUT2D eigenvalue weighted by molar-refractivity contribution is -0.139. The van der Waals surface area contributed by atoms with Gasteiger partial charge in [-0.05, 0) is 25.5 Å². The molecule has 0 spiro atoms. The number of nitrogens with two attached hydrogens (primary N) is 1. The van der Waals surface area contributed by atoms with Gasteiger partial charge in [-0.3, -0.25) is 9.78 Å². The second-order valence-electron chi connectivity index (χ2n) is 7.45. The summed E-state index contributed by atoms with van der Waals surface area (Å²) in [7, 11) is 2.60. The quantitative estimate of drug-likeness (QED) is 0.466. The molecule has 10 nitrogen and oxygen atoms in total. The number of nitrogens with zero attached hydrogens (tertiary/aromatic N) is 1. The summed E-state index contributed by atoms with van der Waals surface area (Å²) < 4.78 is 16.0. The Kier molecular flexibility index (Phi) is 8.21. The largest absolute Gasteiger partial charge is 0.466 e. The van der Waals surface area contributed by atoms with E-state index < -0.39 is 29.5 Å². The molecular formula is C23H24Cl2N4O6. The van der Waals surface area contributed by atoms with Crippen molar-refractivity contribution in [3.05, 3.63) is 78.5 Å². The lowest BCUT2D eigenvalue weighted by Crippen LogP contribution is -2.36. The van der Waals surface area contributed by atoms with Crippen molar-refractivity contribution in [1.29, 1.82) is 0 Å². The minimum Gasteiger partial charge on any atom is -0.466 e. The summed E-state index contributed by atoms with van der Waals surface area (Å²) in [4.78, 5) is 44.9. The van der Waals surface area contributed by atoms with Crippen LogP contribution in [0.15, 0.2) is 51.6 Å². The molecule has 1 aliphatic rings. The zero-order chi connectivity index (χ0) is 25.9. The van der Waals surface area contributed by atoms with Gasteiger partial charge in [-0.25, -0.2) is 14.6 Å². The highest BCUT2D eigenvalue weighted by Gasteiger charge is 2.42. The van der Waals surface area contributed by atoms with Crippen LogP contribution in [-0.4, -0.2) is 42.7 Å². The van der Waals surface area contributed by atoms with Gasteiger partial charge in [-0.1, -0.05) is 35.3 Å². The standard InChI is InChI=1S/C23H24Cl2N4O6/c1-5-35-22(32)17-16(11-7-6-8-12(24)18(11)25)15(21(31)34-4)10(2)27-19(17)20(33-3)13-9-14(30)29-23(26)28-13/h6-9,16,20,27H,5H2,1-4H3,(H3,26,28,29,30). The molecule has 0 saturated carbocycles. The molecule has 0 bridgehead atoms. The second-order valence-corrected chi connectivity index (χ2v) is 8.24. The molecular weight excluding hydrogens is 499 g/mol. The number of esters is 2. The Hall–Kier alpha value is -3.34. The van der Waals surface area contributed by atoms with Gasteiger partial charge in [0.15, 0.2) is 0 Å². The molecule has 0 amide bonds. The van der Waals surface area contributed by atoms with Gasteiger partial charge < -0.3 is 25.3 Å². The molecule has 0 fully saturated rings. The van der Waals surface area contributed by atoms with Crippen LogP contribution >= 0.6 is 23.2 Å². The van der Waals surface area contributed by atoms with Crippen molar-refractivity contribution >= 4 is 41.1 Å². The number of allylic oxidation sites excluding steroid dienone is 1. The first-order valence-corrected chi connectivity index (χ1v) is 11.2. The maximum Gasteiger partial charge on any atom is 0.336 e. The molecule has 1 aliphatic heterocycles. The highest BCUT2D eigenvalue weighted by molar-refractivity contribution is 6.42. The second kappa shape index (κ2) is 10.9. The number of benzene rings is 1. The van der Waals surface area contributed by atoms with Crippen LogP contribution in [0.4, 0.5) is 5.95 Å². The first-order chi connectivity index (χ1) is 16.6. The Morgan fingerprint density at radius 3 is 2.51 bits per heavy atom. The number of aromatic amines is 1. The number of H-pyrrole nitrogens is 1. The third-order valence-electron chi connectivity index (χ3n) is 5.33. The maximum atomic E-state index is 13.4. The predicted octanol–water partition coefficient (Wildman–Crippen LogP) is 3.00. The van der Waals surface area contributed by atoms with Crippen LogP contribution in [0.5, 0.6) is 0 Å². The zero-order valence-electron chi connectivity index (χ0n) is 19.4. The van der Waals surface area contributed by atoms with Gasteiger partial charge in [0.25, 0.3) is 5.56 Å². The molecule has 1 aromatic heterocycles. The summed E-state index contributed by atoms with van der Waals surface area (Å²) in [5.74, 6) is -2.62. The number of nitrogens with one attached hydrogen (secondary N) is 2. The van der Waals surface area contributed by atoms with Crippen LogP contribution < -0.4 is 16.6 Å². The molecule has 2 aromatic rings. The van der Waals surface area contributed by atoms with E-state index in [4.69, 9.17) is 43.1 Å². The molecule has 0 saturated heterocycles. The summed E-state index contributed by atoms with van der Waals surface area (Å²) in [5.41, 5.74) is 6.40. The van der Waals surface area contributed by atoms with Crippen molar-refractivity contribution in [2.24, 2.45) is 0 Å². The Balaban J connectivity index is 2.40. The molecule has 12 heteroatoms. The predicted molar refractivity (Wildman–Crippen MR) is 130 cm³/mol. The minimum absolute atomic E-state index is 0.00881. The first-order valence-electron chi connectivity index (χ1n) is 10.4. The number of aromatic nitrogens is 2. The van der Waals surface area contributed by atoms with Crippen molar-refractivity contribution < 1.29 is 23.8 Å². The van der Waals surface area contributed by atoms with Crippen LogP contribution in [-0.2, 0) is 23.8 Å². The van der Waals surface area contributed by atoms with Crippen molar-refractivity contribution in [3.63, 3.8) is 0 Å². The van der Waals surface area contributed by atoms with Gasteiger partial charge in [-0.15, -0.1) is 0 Å². The Morgan fingerprint density at radius 1 is 1.20 bits per heavy atom. The van der Waals surface area contributed by atoms with Crippen LogP contribution in [0.25, 0.3) is 0 Å². The number of halogens is 2. The summed E-state index contributed by atoms with van der Waals surface area (Å²) in [5, 5.41) is 3.42. The number of rotatable bonds is 7. The number of anilines is 1. The number of hydrogen-bond acceptors (Lipinski definition) is 9. The highest BCUT2D eigenvalue weighted by atomic mass is 35.5. The molecule has 186 valence electrons. The third kappa shape index (κ3) is 5.19. The topological polar surface area (TPSA) is 146 Å². The SMILES string of the molecule is CCOC(=O)C1=C(C(OC)c2cc(=O)[nH]c(N)n2)NC(C)=C(C(=O)OC)C1c1cccc(Cl)c1Cl. The van der Waals surface area contributed by atoms with Crippen LogP contribution in [0.3, 0.4) is 0 Å². The summed E-state index contributed by atoms with van der Waals surface area (Å²) in [6.45, 7) is 3.33. The average molecular weight is 523 g/mol. The fourth-order valence-electron chi connectivity index (χ4n) is 3.95. The van der Waals surface area contributed by atoms with E-state index in [-0.39, 0.29) is 45.1 Å². The van der Waals surface area contributed by atoms with E-state index in [2.05, 4.69) is 15.3 Å². The molecule has 0 radical (unpaired) electrons. The van der Waals surface area contributed by atoms with E-state index in [1.165, 1.54) is 20.3 Å². The lowest BCUT2D eigenvalue weighted by Gasteiger charge is -2.34. The van der Waals surface area contributed by atoms with Crippen molar-refractivity contribution in [3.8, 4) is 0 Å². The number of methoxy groups -OCH3 is 2. The Bertz CT molecular complexity index is 1290. The molecule has 4 N–H and O–H groups in total. The van der Waals surface area contributed by atoms with E-state index in [9.17, 15) is 14.4 Å².